The minimum atomic E-state index is -0.844. The minimum Gasteiger partial charge on any atom is -0.493 e. The van der Waals surface area contributed by atoms with Crippen LogP contribution in [0.2, 0.25) is 0 Å². The monoisotopic (exact) mass is 353 g/mol. The van der Waals surface area contributed by atoms with E-state index >= 15 is 0 Å². The van der Waals surface area contributed by atoms with Crippen molar-refractivity contribution in [3.05, 3.63) is 23.8 Å². The Morgan fingerprint density at radius 1 is 1.12 bits per heavy atom. The van der Waals surface area contributed by atoms with Gasteiger partial charge < -0.3 is 18.9 Å². The second kappa shape index (κ2) is 9.27. The quantitative estimate of drug-likeness (QED) is 0.718. The lowest BCUT2D eigenvalue weighted by molar-refractivity contribution is -0.158. The second-order valence-corrected chi connectivity index (χ2v) is 6.27. The number of carbonyl (C=O) groups excluding carboxylic acids is 2. The Morgan fingerprint density at radius 3 is 2.28 bits per heavy atom. The molecule has 0 aromatic heterocycles. The molecule has 1 atom stereocenters. The van der Waals surface area contributed by atoms with Crippen LogP contribution in [0.15, 0.2) is 18.2 Å². The average molecular weight is 353 g/mol. The van der Waals surface area contributed by atoms with Crippen molar-refractivity contribution in [1.29, 1.82) is 0 Å². The Labute approximate surface area is 148 Å². The molecule has 0 saturated carbocycles. The van der Waals surface area contributed by atoms with Crippen LogP contribution >= 0.6 is 0 Å². The van der Waals surface area contributed by atoms with Gasteiger partial charge in [-0.2, -0.15) is 0 Å². The highest BCUT2D eigenvalue weighted by atomic mass is 16.6. The Morgan fingerprint density at radius 2 is 1.76 bits per heavy atom. The first kappa shape index (κ1) is 20.8. The van der Waals surface area contributed by atoms with Crippen molar-refractivity contribution in [3.63, 3.8) is 0 Å². The lowest BCUT2D eigenvalue weighted by Gasteiger charge is -2.25. The van der Waals surface area contributed by atoms with Gasteiger partial charge in [-0.3, -0.25) is 10.1 Å². The second-order valence-electron chi connectivity index (χ2n) is 6.27. The van der Waals surface area contributed by atoms with Crippen LogP contribution in [0.1, 0.15) is 39.3 Å². The van der Waals surface area contributed by atoms with E-state index in [1.54, 1.807) is 45.9 Å². The topological polar surface area (TPSA) is 83.1 Å². The first-order chi connectivity index (χ1) is 11.7. The number of hydrogen-bond donors (Lipinski definition) is 1. The largest absolute Gasteiger partial charge is 0.493 e. The van der Waals surface area contributed by atoms with Crippen molar-refractivity contribution in [2.75, 3.05) is 27.4 Å². The van der Waals surface area contributed by atoms with Gasteiger partial charge in [0, 0.05) is 0 Å². The fourth-order valence-electron chi connectivity index (χ4n) is 2.13. The van der Waals surface area contributed by atoms with Crippen molar-refractivity contribution in [2.45, 2.75) is 39.3 Å². The van der Waals surface area contributed by atoms with Crippen molar-refractivity contribution < 1.29 is 28.5 Å². The van der Waals surface area contributed by atoms with E-state index in [1.165, 1.54) is 14.2 Å². The number of nitrogens with one attached hydrogen (secondary N) is 1. The molecule has 1 aromatic rings. The normalized spacial score (nSPS) is 12.2. The van der Waals surface area contributed by atoms with Crippen molar-refractivity contribution >= 4 is 11.9 Å². The van der Waals surface area contributed by atoms with Gasteiger partial charge in [0.2, 0.25) is 0 Å². The van der Waals surface area contributed by atoms with Gasteiger partial charge in [0.25, 0.3) is 0 Å². The minimum absolute atomic E-state index is 0.119. The Bertz CT molecular complexity index is 594. The van der Waals surface area contributed by atoms with Crippen LogP contribution in [0.3, 0.4) is 0 Å². The van der Waals surface area contributed by atoms with Gasteiger partial charge in [0.15, 0.2) is 11.5 Å². The van der Waals surface area contributed by atoms with Gasteiger partial charge in [0.1, 0.15) is 11.6 Å². The molecule has 0 fully saturated rings. The number of benzene rings is 1. The third kappa shape index (κ3) is 6.62. The molecule has 0 bridgehead atoms. The zero-order valence-electron chi connectivity index (χ0n) is 15.7. The molecule has 7 heteroatoms. The van der Waals surface area contributed by atoms with E-state index < -0.39 is 23.6 Å². The molecule has 0 aliphatic rings. The van der Waals surface area contributed by atoms with Crippen LogP contribution in [-0.2, 0) is 19.1 Å². The number of carbonyl (C=O) groups is 2. The number of esters is 2. The standard InChI is InChI=1S/C18H27NO6/c1-7-24-15(20)11-19-16(17(21)25-18(2,3)4)12-8-9-13(22-5)14(10-12)23-6/h8-10,16,19H,7,11H2,1-6H3. The van der Waals surface area contributed by atoms with E-state index in [9.17, 15) is 9.59 Å². The Hall–Kier alpha value is -2.28. The van der Waals surface area contributed by atoms with E-state index in [4.69, 9.17) is 18.9 Å². The van der Waals surface area contributed by atoms with E-state index in [0.29, 0.717) is 17.1 Å². The molecule has 1 N–H and O–H groups in total. The van der Waals surface area contributed by atoms with Gasteiger partial charge in [-0.25, -0.2) is 4.79 Å². The van der Waals surface area contributed by atoms with Gasteiger partial charge in [-0.15, -0.1) is 0 Å². The van der Waals surface area contributed by atoms with Crippen molar-refractivity contribution in [1.82, 2.24) is 5.32 Å². The maximum absolute atomic E-state index is 12.6. The van der Waals surface area contributed by atoms with E-state index in [-0.39, 0.29) is 13.2 Å². The van der Waals surface area contributed by atoms with Gasteiger partial charge >= 0.3 is 11.9 Å². The summed E-state index contributed by atoms with van der Waals surface area (Å²) in [5.41, 5.74) is -0.0616. The molecule has 140 valence electrons. The first-order valence-electron chi connectivity index (χ1n) is 8.05. The summed E-state index contributed by atoms with van der Waals surface area (Å²) in [5, 5.41) is 2.89. The van der Waals surface area contributed by atoms with E-state index in [1.807, 2.05) is 0 Å². The van der Waals surface area contributed by atoms with Gasteiger partial charge in [-0.1, -0.05) is 6.07 Å². The fourth-order valence-corrected chi connectivity index (χ4v) is 2.13. The molecule has 1 rings (SSSR count). The number of methoxy groups -OCH3 is 2. The summed E-state index contributed by atoms with van der Waals surface area (Å²) in [6, 6.07) is 4.24. The molecule has 0 amide bonds. The van der Waals surface area contributed by atoms with Crippen LogP contribution in [-0.4, -0.2) is 44.9 Å². The molecule has 7 nitrogen and oxygen atoms in total. The van der Waals surface area contributed by atoms with Crippen LogP contribution in [0.4, 0.5) is 0 Å². The third-order valence-corrected chi connectivity index (χ3v) is 3.14. The molecular weight excluding hydrogens is 326 g/mol. The lowest BCUT2D eigenvalue weighted by Crippen LogP contribution is -2.37. The van der Waals surface area contributed by atoms with Gasteiger partial charge in [0.05, 0.1) is 27.4 Å². The highest BCUT2D eigenvalue weighted by Crippen LogP contribution is 2.30. The molecule has 0 spiro atoms. The summed E-state index contributed by atoms with van der Waals surface area (Å²) in [7, 11) is 3.04. The molecule has 0 saturated heterocycles. The maximum atomic E-state index is 12.6. The fraction of sp³-hybridized carbons (Fsp3) is 0.556. The predicted octanol–water partition coefficient (Wildman–Crippen LogP) is 2.24. The number of hydrogen-bond acceptors (Lipinski definition) is 7. The van der Waals surface area contributed by atoms with E-state index in [0.717, 1.165) is 0 Å². The van der Waals surface area contributed by atoms with Crippen LogP contribution in [0.25, 0.3) is 0 Å². The third-order valence-electron chi connectivity index (χ3n) is 3.14. The summed E-state index contributed by atoms with van der Waals surface area (Å²) < 4.78 is 20.8. The zero-order valence-corrected chi connectivity index (χ0v) is 15.7. The van der Waals surface area contributed by atoms with Gasteiger partial charge in [-0.05, 0) is 45.4 Å². The molecule has 1 aromatic carbocycles. The molecule has 1 unspecified atom stereocenters. The number of rotatable bonds is 8. The van der Waals surface area contributed by atoms with E-state index in [2.05, 4.69) is 5.32 Å². The summed E-state index contributed by atoms with van der Waals surface area (Å²) in [6.45, 7) is 7.21. The first-order valence-corrected chi connectivity index (χ1v) is 8.05. The van der Waals surface area contributed by atoms with Crippen molar-refractivity contribution in [3.8, 4) is 11.5 Å². The zero-order chi connectivity index (χ0) is 19.0. The van der Waals surface area contributed by atoms with Crippen LogP contribution < -0.4 is 14.8 Å². The van der Waals surface area contributed by atoms with Crippen molar-refractivity contribution in [2.24, 2.45) is 0 Å². The molecule has 25 heavy (non-hydrogen) atoms. The predicted molar refractivity (Wildman–Crippen MR) is 92.8 cm³/mol. The summed E-state index contributed by atoms with van der Waals surface area (Å²) in [6.07, 6.45) is 0. The van der Waals surface area contributed by atoms with Crippen LogP contribution in [0, 0.1) is 0 Å². The molecule has 0 radical (unpaired) electrons. The molecule has 0 aliphatic heterocycles. The summed E-state index contributed by atoms with van der Waals surface area (Å²) in [4.78, 5) is 24.2. The van der Waals surface area contributed by atoms with Crippen LogP contribution in [0.5, 0.6) is 11.5 Å². The molecular formula is C18H27NO6. The summed E-state index contributed by atoms with van der Waals surface area (Å²) >= 11 is 0. The molecule has 0 aliphatic carbocycles. The highest BCUT2D eigenvalue weighted by Gasteiger charge is 2.28. The Kier molecular flexibility index (Phi) is 7.70. The maximum Gasteiger partial charge on any atom is 0.328 e. The lowest BCUT2D eigenvalue weighted by atomic mass is 10.1. The smallest absolute Gasteiger partial charge is 0.328 e. The number of ether oxygens (including phenoxy) is 4. The average Bonchev–Trinajstić information content (AvgIpc) is 2.53. The summed E-state index contributed by atoms with van der Waals surface area (Å²) in [5.74, 6) is 0.0756. The molecule has 0 heterocycles. The SMILES string of the molecule is CCOC(=O)CNC(C(=O)OC(C)(C)C)c1ccc(OC)c(OC)c1. The highest BCUT2D eigenvalue weighted by molar-refractivity contribution is 5.80. The Balaban J connectivity index is 3.08.